The fourth-order valence-corrected chi connectivity index (χ4v) is 3.92. The molecule has 1 saturated heterocycles. The zero-order valence-corrected chi connectivity index (χ0v) is 16.8. The van der Waals surface area contributed by atoms with Gasteiger partial charge in [0.2, 0.25) is 0 Å². The van der Waals surface area contributed by atoms with Gasteiger partial charge in [0, 0.05) is 33.2 Å². The monoisotopic (exact) mass is 443 g/mol. The molecule has 1 aliphatic rings. The lowest BCUT2D eigenvalue weighted by molar-refractivity contribution is 0.305. The van der Waals surface area contributed by atoms with E-state index < -0.39 is 0 Å². The van der Waals surface area contributed by atoms with E-state index in [0.717, 1.165) is 39.4 Å². The van der Waals surface area contributed by atoms with Crippen molar-refractivity contribution in [3.63, 3.8) is 0 Å². The summed E-state index contributed by atoms with van der Waals surface area (Å²) in [4.78, 5) is 3.06. The van der Waals surface area contributed by atoms with E-state index >= 15 is 0 Å². The normalized spacial score (nSPS) is 14.0. The Labute approximate surface area is 165 Å². The molecule has 0 spiro atoms. The average molecular weight is 445 g/mol. The van der Waals surface area contributed by atoms with Gasteiger partial charge >= 0.3 is 0 Å². The molecule has 0 radical (unpaired) electrons. The highest BCUT2D eigenvalue weighted by Crippen LogP contribution is 2.30. The number of thiocarbonyl (C=S) groups is 1. The lowest BCUT2D eigenvalue weighted by Gasteiger charge is -2.21. The van der Waals surface area contributed by atoms with Gasteiger partial charge in [-0.3, -0.25) is 0 Å². The van der Waals surface area contributed by atoms with Crippen LogP contribution >= 0.6 is 51.3 Å². The Morgan fingerprint density at radius 2 is 1.79 bits per heavy atom. The summed E-state index contributed by atoms with van der Waals surface area (Å²) in [5.41, 5.74) is 1.70. The minimum Gasteiger partial charge on any atom is -0.488 e. The zero-order chi connectivity index (χ0) is 17.1. The van der Waals surface area contributed by atoms with E-state index in [1.807, 2.05) is 36.4 Å². The Kier molecular flexibility index (Phi) is 6.03. The molecule has 2 nitrogen and oxygen atoms in total. The van der Waals surface area contributed by atoms with Gasteiger partial charge in [0.05, 0.1) is 5.56 Å². The third-order valence-corrected chi connectivity index (χ3v) is 5.68. The van der Waals surface area contributed by atoms with Gasteiger partial charge in [-0.25, -0.2) is 0 Å². The summed E-state index contributed by atoms with van der Waals surface area (Å²) < 4.78 is 6.99. The first kappa shape index (κ1) is 18.0. The molecular formula is C18H16BrCl2NOS. The van der Waals surface area contributed by atoms with E-state index in [1.165, 1.54) is 12.8 Å². The topological polar surface area (TPSA) is 12.5 Å². The molecule has 0 atom stereocenters. The summed E-state index contributed by atoms with van der Waals surface area (Å²) >= 11 is 21.6. The molecule has 0 amide bonds. The van der Waals surface area contributed by atoms with Crippen LogP contribution in [-0.2, 0) is 6.61 Å². The summed E-state index contributed by atoms with van der Waals surface area (Å²) in [6, 6.07) is 11.3. The van der Waals surface area contributed by atoms with Gasteiger partial charge in [0.15, 0.2) is 0 Å². The average Bonchev–Trinajstić information content (AvgIpc) is 3.09. The van der Waals surface area contributed by atoms with Crippen molar-refractivity contribution in [2.45, 2.75) is 19.4 Å². The number of hydrogen-bond donors (Lipinski definition) is 0. The van der Waals surface area contributed by atoms with Crippen molar-refractivity contribution >= 4 is 56.3 Å². The second kappa shape index (κ2) is 8.05. The molecule has 0 aromatic heterocycles. The maximum atomic E-state index is 6.22. The number of nitrogens with zero attached hydrogens (tertiary/aromatic N) is 1. The maximum Gasteiger partial charge on any atom is 0.130 e. The summed E-state index contributed by atoms with van der Waals surface area (Å²) in [6.45, 7) is 2.30. The highest BCUT2D eigenvalue weighted by Gasteiger charge is 2.20. The molecule has 1 aliphatic heterocycles. The minimum atomic E-state index is 0.301. The Bertz CT molecular complexity index is 742. The van der Waals surface area contributed by atoms with Crippen molar-refractivity contribution < 1.29 is 4.74 Å². The number of ether oxygens (including phenoxy) is 1. The third-order valence-electron chi connectivity index (χ3n) is 4.00. The number of rotatable bonds is 4. The van der Waals surface area contributed by atoms with Crippen LogP contribution in [0.2, 0.25) is 10.0 Å². The molecule has 126 valence electrons. The molecule has 1 fully saturated rings. The molecule has 0 unspecified atom stereocenters. The van der Waals surface area contributed by atoms with Crippen LogP contribution in [0, 0.1) is 0 Å². The van der Waals surface area contributed by atoms with Gasteiger partial charge in [-0.05, 0) is 43.2 Å². The summed E-state index contributed by atoms with van der Waals surface area (Å²) in [7, 11) is 0. The molecule has 0 N–H and O–H groups in total. The van der Waals surface area contributed by atoms with Crippen LogP contribution in [0.5, 0.6) is 5.75 Å². The van der Waals surface area contributed by atoms with Crippen molar-refractivity contribution in [3.8, 4) is 5.75 Å². The van der Waals surface area contributed by atoms with Gasteiger partial charge in [-0.1, -0.05) is 57.4 Å². The first-order chi connectivity index (χ1) is 11.6. The van der Waals surface area contributed by atoms with Crippen LogP contribution in [0.25, 0.3) is 0 Å². The molecule has 0 saturated carbocycles. The fourth-order valence-electron chi connectivity index (χ4n) is 2.71. The predicted molar refractivity (Wildman–Crippen MR) is 107 cm³/mol. The van der Waals surface area contributed by atoms with E-state index in [0.29, 0.717) is 16.7 Å². The molecule has 6 heteroatoms. The maximum absolute atomic E-state index is 6.22. The number of hydrogen-bond acceptors (Lipinski definition) is 2. The first-order valence-electron chi connectivity index (χ1n) is 7.71. The van der Waals surface area contributed by atoms with Crippen LogP contribution in [0.15, 0.2) is 40.9 Å². The zero-order valence-electron chi connectivity index (χ0n) is 12.9. The summed E-state index contributed by atoms with van der Waals surface area (Å²) in [6.07, 6.45) is 2.36. The molecule has 24 heavy (non-hydrogen) atoms. The van der Waals surface area contributed by atoms with E-state index in [-0.39, 0.29) is 0 Å². The quantitative estimate of drug-likeness (QED) is 0.528. The third kappa shape index (κ3) is 4.05. The first-order valence-corrected chi connectivity index (χ1v) is 9.66. The Morgan fingerprint density at radius 3 is 2.46 bits per heavy atom. The Morgan fingerprint density at radius 1 is 1.12 bits per heavy atom. The van der Waals surface area contributed by atoms with Crippen LogP contribution in [0.1, 0.15) is 24.0 Å². The smallest absolute Gasteiger partial charge is 0.130 e. The fraction of sp³-hybridized carbons (Fsp3) is 0.278. The lowest BCUT2D eigenvalue weighted by atomic mass is 10.2. The van der Waals surface area contributed by atoms with Crippen molar-refractivity contribution in [3.05, 3.63) is 62.0 Å². The van der Waals surface area contributed by atoms with Crippen molar-refractivity contribution in [1.82, 2.24) is 4.90 Å². The highest BCUT2D eigenvalue weighted by atomic mass is 79.9. The Hall–Kier alpha value is -0.810. The molecule has 2 aromatic carbocycles. The predicted octanol–water partition coefficient (Wildman–Crippen LogP) is 6.11. The second-order valence-electron chi connectivity index (χ2n) is 5.63. The highest BCUT2D eigenvalue weighted by molar-refractivity contribution is 9.10. The van der Waals surface area contributed by atoms with Crippen molar-refractivity contribution in [1.29, 1.82) is 0 Å². The van der Waals surface area contributed by atoms with E-state index in [9.17, 15) is 0 Å². The van der Waals surface area contributed by atoms with Crippen LogP contribution < -0.4 is 4.74 Å². The van der Waals surface area contributed by atoms with Gasteiger partial charge in [-0.2, -0.15) is 0 Å². The molecular weight excluding hydrogens is 429 g/mol. The van der Waals surface area contributed by atoms with E-state index in [4.69, 9.17) is 40.2 Å². The van der Waals surface area contributed by atoms with Crippen LogP contribution in [0.4, 0.5) is 0 Å². The van der Waals surface area contributed by atoms with E-state index in [1.54, 1.807) is 0 Å². The van der Waals surface area contributed by atoms with Crippen molar-refractivity contribution in [2.75, 3.05) is 13.1 Å². The molecule has 0 bridgehead atoms. The SMILES string of the molecule is S=C(c1cc(Br)ccc1OCc1c(Cl)cccc1Cl)N1CCCC1. The standard InChI is InChI=1S/C18H16BrCl2NOS/c19-12-6-7-17(13(10-12)18(24)22-8-1-2-9-22)23-11-14-15(20)4-3-5-16(14)21/h3-7,10H,1-2,8-9,11H2. The molecule has 1 heterocycles. The van der Waals surface area contributed by atoms with Gasteiger partial charge < -0.3 is 9.64 Å². The number of halogens is 3. The van der Waals surface area contributed by atoms with Gasteiger partial charge in [0.25, 0.3) is 0 Å². The number of likely N-dealkylation sites (tertiary alicyclic amines) is 1. The van der Waals surface area contributed by atoms with Crippen molar-refractivity contribution in [2.24, 2.45) is 0 Å². The van der Waals surface area contributed by atoms with Gasteiger partial charge in [0.1, 0.15) is 17.3 Å². The number of benzene rings is 2. The van der Waals surface area contributed by atoms with Crippen LogP contribution in [0.3, 0.4) is 0 Å². The minimum absolute atomic E-state index is 0.301. The molecule has 3 rings (SSSR count). The van der Waals surface area contributed by atoms with Crippen LogP contribution in [-0.4, -0.2) is 23.0 Å². The second-order valence-corrected chi connectivity index (χ2v) is 7.75. The lowest BCUT2D eigenvalue weighted by Crippen LogP contribution is -2.27. The Balaban J connectivity index is 1.84. The molecule has 0 aliphatic carbocycles. The largest absolute Gasteiger partial charge is 0.488 e. The molecule has 2 aromatic rings. The summed E-state index contributed by atoms with van der Waals surface area (Å²) in [5.74, 6) is 0.742. The van der Waals surface area contributed by atoms with Gasteiger partial charge in [-0.15, -0.1) is 0 Å². The van der Waals surface area contributed by atoms with E-state index in [2.05, 4.69) is 20.8 Å². The summed E-state index contributed by atoms with van der Waals surface area (Å²) in [5, 5.41) is 1.20.